The van der Waals surface area contributed by atoms with E-state index in [0.29, 0.717) is 32.0 Å². The minimum atomic E-state index is -0.583. The number of rotatable bonds is 8. The number of nitrogens with one attached hydrogen (secondary N) is 2. The van der Waals surface area contributed by atoms with E-state index < -0.39 is 6.04 Å². The second-order valence-electron chi connectivity index (χ2n) is 8.74. The first-order valence-electron chi connectivity index (χ1n) is 11.7. The largest absolute Gasteiger partial charge is 0.368 e. The summed E-state index contributed by atoms with van der Waals surface area (Å²) >= 11 is 0. The molecule has 1 aliphatic carbocycles. The van der Waals surface area contributed by atoms with Gasteiger partial charge in [0.1, 0.15) is 6.04 Å². The van der Waals surface area contributed by atoms with Crippen LogP contribution in [0.1, 0.15) is 51.9 Å². The number of carbonyl (C=O) groups excluding carboxylic acids is 3. The lowest BCUT2D eigenvalue weighted by Crippen LogP contribution is -2.50. The molecule has 1 aliphatic heterocycles. The summed E-state index contributed by atoms with van der Waals surface area (Å²) < 4.78 is 0. The van der Waals surface area contributed by atoms with Crippen molar-refractivity contribution in [1.82, 2.24) is 15.5 Å². The van der Waals surface area contributed by atoms with Crippen molar-refractivity contribution in [3.05, 3.63) is 30.3 Å². The first-order valence-corrected chi connectivity index (χ1v) is 11.7. The van der Waals surface area contributed by atoms with Crippen LogP contribution in [0.25, 0.3) is 0 Å². The fraction of sp³-hybridized carbons (Fsp3) is 0.625. The lowest BCUT2D eigenvalue weighted by molar-refractivity contribution is -0.132. The molecule has 3 amide bonds. The standard InChI is InChI=1S/C24H36N4O3/c1-19(26-22(29)18-20-8-4-2-5-9-20)24(31)25-13-12-23(30)28-16-14-27(15-17-28)21-10-6-3-7-11-21/h3,6-7,10-11,19-20H,2,4-5,8-9,12-18H2,1H3,(H,25,31)(H,26,29). The number of para-hydroxylation sites is 1. The molecule has 1 heterocycles. The maximum Gasteiger partial charge on any atom is 0.242 e. The summed E-state index contributed by atoms with van der Waals surface area (Å²) in [5, 5.41) is 5.58. The van der Waals surface area contributed by atoms with Gasteiger partial charge in [-0.05, 0) is 37.8 Å². The fourth-order valence-electron chi connectivity index (χ4n) is 4.48. The van der Waals surface area contributed by atoms with Gasteiger partial charge < -0.3 is 20.4 Å². The minimum Gasteiger partial charge on any atom is -0.368 e. The van der Waals surface area contributed by atoms with Gasteiger partial charge in [-0.25, -0.2) is 0 Å². The number of benzene rings is 1. The molecule has 2 aliphatic rings. The van der Waals surface area contributed by atoms with E-state index >= 15 is 0 Å². The maximum atomic E-state index is 12.5. The van der Waals surface area contributed by atoms with Gasteiger partial charge in [-0.1, -0.05) is 37.5 Å². The third kappa shape index (κ3) is 7.26. The third-order valence-electron chi connectivity index (χ3n) is 6.36. The Morgan fingerprint density at radius 1 is 1.00 bits per heavy atom. The molecule has 170 valence electrons. The lowest BCUT2D eigenvalue weighted by Gasteiger charge is -2.36. The Morgan fingerprint density at radius 3 is 2.35 bits per heavy atom. The van der Waals surface area contributed by atoms with E-state index in [1.807, 2.05) is 23.1 Å². The van der Waals surface area contributed by atoms with E-state index in [1.54, 1.807) is 6.92 Å². The number of anilines is 1. The molecule has 7 heteroatoms. The van der Waals surface area contributed by atoms with Crippen molar-refractivity contribution in [3.63, 3.8) is 0 Å². The first-order chi connectivity index (χ1) is 15.0. The number of hydrogen-bond acceptors (Lipinski definition) is 4. The third-order valence-corrected chi connectivity index (χ3v) is 6.36. The fourth-order valence-corrected chi connectivity index (χ4v) is 4.48. The van der Waals surface area contributed by atoms with E-state index in [-0.39, 0.29) is 24.1 Å². The summed E-state index contributed by atoms with van der Waals surface area (Å²) in [5.74, 6) is 0.214. The van der Waals surface area contributed by atoms with Gasteiger partial charge in [0.25, 0.3) is 0 Å². The van der Waals surface area contributed by atoms with Crippen LogP contribution in [0.3, 0.4) is 0 Å². The van der Waals surface area contributed by atoms with Gasteiger partial charge in [0.2, 0.25) is 17.7 Å². The van der Waals surface area contributed by atoms with Crippen LogP contribution in [0.5, 0.6) is 0 Å². The van der Waals surface area contributed by atoms with Crippen LogP contribution < -0.4 is 15.5 Å². The van der Waals surface area contributed by atoms with Crippen molar-refractivity contribution in [3.8, 4) is 0 Å². The zero-order valence-electron chi connectivity index (χ0n) is 18.6. The molecule has 1 aromatic rings. The summed E-state index contributed by atoms with van der Waals surface area (Å²) in [5.41, 5.74) is 1.18. The van der Waals surface area contributed by atoms with Crippen molar-refractivity contribution in [2.24, 2.45) is 5.92 Å². The molecule has 7 nitrogen and oxygen atoms in total. The molecule has 1 atom stereocenters. The van der Waals surface area contributed by atoms with Crippen LogP contribution in [-0.4, -0.2) is 61.4 Å². The van der Waals surface area contributed by atoms with Gasteiger partial charge >= 0.3 is 0 Å². The second-order valence-corrected chi connectivity index (χ2v) is 8.74. The Hall–Kier alpha value is -2.57. The van der Waals surface area contributed by atoms with Crippen LogP contribution in [0, 0.1) is 5.92 Å². The normalized spacial score (nSPS) is 18.4. The highest BCUT2D eigenvalue weighted by Crippen LogP contribution is 2.26. The van der Waals surface area contributed by atoms with Crippen LogP contribution in [-0.2, 0) is 14.4 Å². The van der Waals surface area contributed by atoms with Crippen molar-refractivity contribution in [2.75, 3.05) is 37.6 Å². The molecule has 3 rings (SSSR count). The first kappa shape index (κ1) is 23.1. The molecule has 2 fully saturated rings. The molecule has 0 bridgehead atoms. The zero-order valence-corrected chi connectivity index (χ0v) is 18.6. The second kappa shape index (κ2) is 11.7. The van der Waals surface area contributed by atoms with Crippen LogP contribution in [0.15, 0.2) is 30.3 Å². The molecule has 0 spiro atoms. The van der Waals surface area contributed by atoms with Crippen molar-refractivity contribution >= 4 is 23.4 Å². The molecule has 0 radical (unpaired) electrons. The molecular formula is C24H36N4O3. The number of piperazine rings is 1. The predicted molar refractivity (Wildman–Crippen MR) is 122 cm³/mol. The van der Waals surface area contributed by atoms with Crippen LogP contribution in [0.4, 0.5) is 5.69 Å². The number of amides is 3. The molecular weight excluding hydrogens is 392 g/mol. The highest BCUT2D eigenvalue weighted by molar-refractivity contribution is 5.87. The van der Waals surface area contributed by atoms with Gasteiger partial charge in [-0.15, -0.1) is 0 Å². The summed E-state index contributed by atoms with van der Waals surface area (Å²) in [4.78, 5) is 41.1. The van der Waals surface area contributed by atoms with Crippen molar-refractivity contribution in [1.29, 1.82) is 0 Å². The lowest BCUT2D eigenvalue weighted by atomic mass is 9.87. The van der Waals surface area contributed by atoms with Gasteiger partial charge in [-0.2, -0.15) is 0 Å². The topological polar surface area (TPSA) is 81.8 Å². The monoisotopic (exact) mass is 428 g/mol. The molecule has 1 saturated carbocycles. The Bertz CT molecular complexity index is 726. The maximum absolute atomic E-state index is 12.5. The summed E-state index contributed by atoms with van der Waals surface area (Å²) in [6, 6.07) is 9.63. The van der Waals surface area contributed by atoms with Crippen molar-refractivity contribution < 1.29 is 14.4 Å². The number of carbonyl (C=O) groups is 3. The van der Waals surface area contributed by atoms with Crippen LogP contribution >= 0.6 is 0 Å². The van der Waals surface area contributed by atoms with Crippen LogP contribution in [0.2, 0.25) is 0 Å². The van der Waals surface area contributed by atoms with Crippen molar-refractivity contribution in [2.45, 2.75) is 57.9 Å². The quantitative estimate of drug-likeness (QED) is 0.666. The van der Waals surface area contributed by atoms with Gasteiger partial charge in [0, 0.05) is 51.3 Å². The molecule has 2 N–H and O–H groups in total. The van der Waals surface area contributed by atoms with E-state index in [1.165, 1.54) is 24.9 Å². The minimum absolute atomic E-state index is 0.0538. The van der Waals surface area contributed by atoms with E-state index in [9.17, 15) is 14.4 Å². The Morgan fingerprint density at radius 2 is 1.68 bits per heavy atom. The SMILES string of the molecule is CC(NC(=O)CC1CCCCC1)C(=O)NCCC(=O)N1CCN(c2ccccc2)CC1. The number of nitrogens with zero attached hydrogens (tertiary/aromatic N) is 2. The summed E-state index contributed by atoms with van der Waals surface area (Å²) in [6.07, 6.45) is 6.65. The van der Waals surface area contributed by atoms with E-state index in [2.05, 4.69) is 27.7 Å². The highest BCUT2D eigenvalue weighted by Gasteiger charge is 2.23. The Labute approximate surface area is 185 Å². The Kier molecular flexibility index (Phi) is 8.74. The van der Waals surface area contributed by atoms with Gasteiger partial charge in [0.15, 0.2) is 0 Å². The molecule has 1 aromatic carbocycles. The summed E-state index contributed by atoms with van der Waals surface area (Å²) in [7, 11) is 0. The van der Waals surface area contributed by atoms with E-state index in [4.69, 9.17) is 0 Å². The average Bonchev–Trinajstić information content (AvgIpc) is 2.80. The molecule has 31 heavy (non-hydrogen) atoms. The van der Waals surface area contributed by atoms with Gasteiger partial charge in [-0.3, -0.25) is 14.4 Å². The summed E-state index contributed by atoms with van der Waals surface area (Å²) in [6.45, 7) is 4.99. The molecule has 1 saturated heterocycles. The number of hydrogen-bond donors (Lipinski definition) is 2. The predicted octanol–water partition coefficient (Wildman–Crippen LogP) is 2.32. The smallest absolute Gasteiger partial charge is 0.242 e. The Balaban J connectivity index is 1.30. The molecule has 0 aromatic heterocycles. The average molecular weight is 429 g/mol. The molecule has 1 unspecified atom stereocenters. The highest BCUT2D eigenvalue weighted by atomic mass is 16.2. The van der Waals surface area contributed by atoms with Gasteiger partial charge in [0.05, 0.1) is 0 Å². The van der Waals surface area contributed by atoms with E-state index in [0.717, 1.165) is 25.9 Å². The zero-order chi connectivity index (χ0) is 22.1.